The smallest absolute Gasteiger partial charge is 0.457 e. The van der Waals surface area contributed by atoms with Crippen LogP contribution in [-0.2, 0) is 25.4 Å². The van der Waals surface area contributed by atoms with E-state index in [2.05, 4.69) is 49.5 Å². The van der Waals surface area contributed by atoms with E-state index in [1.165, 1.54) is 0 Å². The van der Waals surface area contributed by atoms with E-state index < -0.39 is 11.5 Å². The molecule has 1 aromatic rings. The fourth-order valence-corrected chi connectivity index (χ4v) is 6.18. The van der Waals surface area contributed by atoms with Gasteiger partial charge >= 0.3 is 13.1 Å². The Labute approximate surface area is 209 Å². The SMILES string of the molecule is CCN1C[C@@H]2C[C@@](N=[N+]=[N-])(C(=O)OCc3ccccc3)[C@@H](CCCB3OC(C)(C)C(C)(C)O3)[C@@H]2C1. The van der Waals surface area contributed by atoms with Crippen LogP contribution in [0.4, 0.5) is 0 Å². The summed E-state index contributed by atoms with van der Waals surface area (Å²) in [6, 6.07) is 9.63. The number of benzene rings is 1. The van der Waals surface area contributed by atoms with Crippen molar-refractivity contribution in [1.29, 1.82) is 0 Å². The van der Waals surface area contributed by atoms with Gasteiger partial charge in [-0.25, -0.2) is 0 Å². The minimum absolute atomic E-state index is 0.0642. The van der Waals surface area contributed by atoms with Gasteiger partial charge in [-0.1, -0.05) is 48.8 Å². The van der Waals surface area contributed by atoms with Crippen molar-refractivity contribution in [1.82, 2.24) is 4.90 Å². The molecule has 2 saturated heterocycles. The van der Waals surface area contributed by atoms with E-state index >= 15 is 0 Å². The van der Waals surface area contributed by atoms with Crippen LogP contribution in [0.1, 0.15) is 59.4 Å². The molecule has 0 spiro atoms. The van der Waals surface area contributed by atoms with E-state index in [0.29, 0.717) is 18.3 Å². The predicted octanol–water partition coefficient (Wildman–Crippen LogP) is 5.24. The molecule has 4 atom stereocenters. The summed E-state index contributed by atoms with van der Waals surface area (Å²) in [7, 11) is -0.271. The Morgan fingerprint density at radius 2 is 1.89 bits per heavy atom. The summed E-state index contributed by atoms with van der Waals surface area (Å²) in [5, 5.41) is 4.20. The molecule has 2 heterocycles. The van der Waals surface area contributed by atoms with Crippen LogP contribution < -0.4 is 0 Å². The van der Waals surface area contributed by atoms with Crippen molar-refractivity contribution in [3.63, 3.8) is 0 Å². The zero-order valence-electron chi connectivity index (χ0n) is 21.8. The molecule has 3 aliphatic rings. The molecule has 9 heteroatoms. The van der Waals surface area contributed by atoms with Gasteiger partial charge in [-0.05, 0) is 82.2 Å². The van der Waals surface area contributed by atoms with Crippen LogP contribution in [0.2, 0.25) is 6.32 Å². The Kier molecular flexibility index (Phi) is 7.53. The van der Waals surface area contributed by atoms with E-state index in [4.69, 9.17) is 14.0 Å². The number of ether oxygens (including phenoxy) is 1. The molecule has 3 fully saturated rings. The third kappa shape index (κ3) is 5.10. The lowest BCUT2D eigenvalue weighted by molar-refractivity contribution is -0.153. The molecule has 0 aromatic heterocycles. The van der Waals surface area contributed by atoms with Crippen LogP contribution in [0, 0.1) is 17.8 Å². The maximum atomic E-state index is 13.6. The molecule has 1 aliphatic carbocycles. The van der Waals surface area contributed by atoms with Crippen molar-refractivity contribution in [2.45, 2.75) is 83.5 Å². The van der Waals surface area contributed by atoms with Gasteiger partial charge in [-0.3, -0.25) is 4.79 Å². The van der Waals surface area contributed by atoms with Crippen LogP contribution in [0.25, 0.3) is 10.4 Å². The number of fused-ring (bicyclic) bond motifs is 1. The van der Waals surface area contributed by atoms with Gasteiger partial charge in [0, 0.05) is 18.0 Å². The maximum Gasteiger partial charge on any atom is 0.457 e. The van der Waals surface area contributed by atoms with Gasteiger partial charge in [0.25, 0.3) is 0 Å². The molecule has 4 rings (SSSR count). The lowest BCUT2D eigenvalue weighted by Gasteiger charge is -2.32. The van der Waals surface area contributed by atoms with Crippen LogP contribution in [0.5, 0.6) is 0 Å². The molecule has 1 aromatic carbocycles. The average Bonchev–Trinajstić information content (AvgIpc) is 3.40. The van der Waals surface area contributed by atoms with Crippen LogP contribution in [0.3, 0.4) is 0 Å². The Morgan fingerprint density at radius 1 is 1.20 bits per heavy atom. The number of nitrogens with zero attached hydrogens (tertiary/aromatic N) is 4. The van der Waals surface area contributed by atoms with Gasteiger partial charge in [-0.2, -0.15) is 0 Å². The van der Waals surface area contributed by atoms with Gasteiger partial charge in [0.1, 0.15) is 12.1 Å². The van der Waals surface area contributed by atoms with Gasteiger partial charge in [0.2, 0.25) is 0 Å². The van der Waals surface area contributed by atoms with E-state index in [0.717, 1.165) is 44.4 Å². The van der Waals surface area contributed by atoms with Crippen molar-refractivity contribution in [3.05, 3.63) is 46.3 Å². The minimum atomic E-state index is -1.16. The quantitative estimate of drug-likeness (QED) is 0.158. The minimum Gasteiger partial charge on any atom is -0.460 e. The second-order valence-electron chi connectivity index (χ2n) is 11.4. The summed E-state index contributed by atoms with van der Waals surface area (Å²) in [4.78, 5) is 19.2. The second-order valence-corrected chi connectivity index (χ2v) is 11.4. The molecule has 0 amide bonds. The number of likely N-dealkylation sites (tertiary alicyclic amines) is 1. The zero-order valence-corrected chi connectivity index (χ0v) is 21.8. The lowest BCUT2D eigenvalue weighted by Crippen LogP contribution is -2.44. The van der Waals surface area contributed by atoms with Gasteiger partial charge < -0.3 is 18.9 Å². The predicted molar refractivity (Wildman–Crippen MR) is 135 cm³/mol. The monoisotopic (exact) mass is 482 g/mol. The van der Waals surface area contributed by atoms with Gasteiger partial charge in [0.15, 0.2) is 0 Å². The van der Waals surface area contributed by atoms with E-state index in [1.54, 1.807) is 0 Å². The number of hydrogen-bond acceptors (Lipinski definition) is 6. The first kappa shape index (κ1) is 26.0. The highest BCUT2D eigenvalue weighted by Crippen LogP contribution is 2.53. The molecule has 0 radical (unpaired) electrons. The lowest BCUT2D eigenvalue weighted by atomic mass is 9.75. The molecular weight excluding hydrogens is 443 g/mol. The highest BCUT2D eigenvalue weighted by atomic mass is 16.7. The molecule has 0 N–H and O–H groups in total. The van der Waals surface area contributed by atoms with E-state index in [-0.39, 0.29) is 30.8 Å². The molecule has 1 saturated carbocycles. The van der Waals surface area contributed by atoms with Gasteiger partial charge in [0.05, 0.1) is 11.2 Å². The normalized spacial score (nSPS) is 31.2. The third-order valence-corrected chi connectivity index (χ3v) is 8.76. The molecule has 8 nitrogen and oxygen atoms in total. The number of hydrogen-bond donors (Lipinski definition) is 0. The molecule has 2 aliphatic heterocycles. The first-order valence-corrected chi connectivity index (χ1v) is 13.0. The highest BCUT2D eigenvalue weighted by molar-refractivity contribution is 6.45. The Morgan fingerprint density at radius 3 is 2.51 bits per heavy atom. The van der Waals surface area contributed by atoms with E-state index in [9.17, 15) is 10.3 Å². The van der Waals surface area contributed by atoms with E-state index in [1.807, 2.05) is 30.3 Å². The third-order valence-electron chi connectivity index (χ3n) is 8.76. The number of carbonyl (C=O) groups is 1. The number of rotatable bonds is 9. The summed E-state index contributed by atoms with van der Waals surface area (Å²) in [5.41, 5.74) is 8.56. The summed E-state index contributed by atoms with van der Waals surface area (Å²) in [6.45, 7) is 13.4. The Balaban J connectivity index is 1.49. The number of azide groups is 1. The highest BCUT2D eigenvalue weighted by Gasteiger charge is 2.60. The Bertz CT molecular complexity index is 936. The molecule has 35 heavy (non-hydrogen) atoms. The van der Waals surface area contributed by atoms with Crippen molar-refractivity contribution in [2.24, 2.45) is 22.9 Å². The summed E-state index contributed by atoms with van der Waals surface area (Å²) in [5.74, 6) is 0.178. The standard InChI is InChI=1S/C26H39BN4O4/c1-6-31-16-20-15-26(29-30-28,23(32)33-18-19-11-8-7-9-12-19)22(21(20)17-31)13-10-14-27-34-24(2,3)25(4,5)35-27/h7-9,11-12,20-22H,6,10,13-18H2,1-5H3/t20-,21+,22-,26-/m0/s1. The molecule has 0 bridgehead atoms. The second kappa shape index (κ2) is 10.1. The summed E-state index contributed by atoms with van der Waals surface area (Å²) >= 11 is 0. The summed E-state index contributed by atoms with van der Waals surface area (Å²) in [6.07, 6.45) is 2.88. The van der Waals surface area contributed by atoms with Gasteiger partial charge in [-0.15, -0.1) is 0 Å². The Hall–Kier alpha value is -2.06. The van der Waals surface area contributed by atoms with Crippen molar-refractivity contribution in [2.75, 3.05) is 19.6 Å². The summed E-state index contributed by atoms with van der Waals surface area (Å²) < 4.78 is 18.1. The maximum absolute atomic E-state index is 13.6. The van der Waals surface area contributed by atoms with Crippen LogP contribution in [-0.4, -0.2) is 54.4 Å². The van der Waals surface area contributed by atoms with Crippen molar-refractivity contribution < 1.29 is 18.8 Å². The number of esters is 1. The average molecular weight is 482 g/mol. The zero-order chi connectivity index (χ0) is 25.3. The largest absolute Gasteiger partial charge is 0.460 e. The van der Waals surface area contributed by atoms with Crippen molar-refractivity contribution in [3.8, 4) is 0 Å². The number of carbonyl (C=O) groups excluding carboxylic acids is 1. The van der Waals surface area contributed by atoms with Crippen LogP contribution in [0.15, 0.2) is 35.4 Å². The first-order chi connectivity index (χ1) is 16.6. The fourth-order valence-electron chi connectivity index (χ4n) is 6.18. The molecular formula is C26H39BN4O4. The molecule has 0 unspecified atom stereocenters. The first-order valence-electron chi connectivity index (χ1n) is 13.0. The molecule has 190 valence electrons. The fraction of sp³-hybridized carbons (Fsp3) is 0.731. The van der Waals surface area contributed by atoms with Crippen molar-refractivity contribution >= 4 is 13.1 Å². The van der Waals surface area contributed by atoms with Crippen LogP contribution >= 0.6 is 0 Å². The topological polar surface area (TPSA) is 96.8 Å².